The molecule has 4 atom stereocenters. The summed E-state index contributed by atoms with van der Waals surface area (Å²) in [4.78, 5) is 0. The number of hydrogen-bond donors (Lipinski definition) is 0. The van der Waals surface area contributed by atoms with Crippen LogP contribution in [0.5, 0.6) is 17.2 Å². The van der Waals surface area contributed by atoms with Crippen molar-refractivity contribution in [1.82, 2.24) is 0 Å². The summed E-state index contributed by atoms with van der Waals surface area (Å²) >= 11 is 0. The summed E-state index contributed by atoms with van der Waals surface area (Å²) < 4.78 is 36.7. The van der Waals surface area contributed by atoms with Gasteiger partial charge in [-0.3, -0.25) is 0 Å². The van der Waals surface area contributed by atoms with Gasteiger partial charge in [0.1, 0.15) is 12.8 Å². The van der Waals surface area contributed by atoms with Crippen molar-refractivity contribution < 1.29 is 33.0 Å². The van der Waals surface area contributed by atoms with E-state index in [0.717, 1.165) is 42.9 Å². The third-order valence-corrected chi connectivity index (χ3v) is 6.92. The Kier molecular flexibility index (Phi) is 10.7. The highest BCUT2D eigenvalue weighted by molar-refractivity contribution is 5.91. The summed E-state index contributed by atoms with van der Waals surface area (Å²) in [6, 6.07) is 2.09. The average Bonchev–Trinajstić information content (AvgIpc) is 2.94. The summed E-state index contributed by atoms with van der Waals surface area (Å²) in [7, 11) is 12.2. The number of allylic oxidation sites excluding steroid dienone is 1. The van der Waals surface area contributed by atoms with Crippen molar-refractivity contribution in [3.63, 3.8) is 0 Å². The van der Waals surface area contributed by atoms with Crippen LogP contribution in [0.4, 0.5) is 0 Å². The second kappa shape index (κ2) is 13.0. The van der Waals surface area contributed by atoms with Crippen molar-refractivity contribution in [3.05, 3.63) is 29.0 Å². The molecular weight excluding hydrogens is 434 g/mol. The normalized spacial score (nSPS) is 21.6. The summed E-state index contributed by atoms with van der Waals surface area (Å²) in [5.41, 5.74) is 3.57. The van der Waals surface area contributed by atoms with Gasteiger partial charge in [0.25, 0.3) is 6.23 Å². The second-order valence-corrected chi connectivity index (χ2v) is 8.88. The lowest BCUT2D eigenvalue weighted by molar-refractivity contribution is -0.600. The van der Waals surface area contributed by atoms with Crippen LogP contribution < -0.4 is 14.2 Å². The van der Waals surface area contributed by atoms with E-state index in [4.69, 9.17) is 28.4 Å². The highest BCUT2D eigenvalue weighted by atomic mass is 16.5. The van der Waals surface area contributed by atoms with Crippen molar-refractivity contribution in [2.75, 3.05) is 49.7 Å². The maximum atomic E-state index is 5.87. The summed E-state index contributed by atoms with van der Waals surface area (Å²) in [5.74, 6) is 3.30. The van der Waals surface area contributed by atoms with Gasteiger partial charge in [-0.05, 0) is 30.4 Å². The number of aryl methyl sites for hydroxylation is 1. The van der Waals surface area contributed by atoms with E-state index in [9.17, 15) is 0 Å². The van der Waals surface area contributed by atoms with Gasteiger partial charge < -0.3 is 28.4 Å². The zero-order valence-electron chi connectivity index (χ0n) is 22.7. The van der Waals surface area contributed by atoms with Crippen molar-refractivity contribution >= 4 is 5.71 Å². The van der Waals surface area contributed by atoms with Crippen molar-refractivity contribution in [3.8, 4) is 17.2 Å². The molecule has 34 heavy (non-hydrogen) atoms. The van der Waals surface area contributed by atoms with Crippen LogP contribution in [-0.2, 0) is 20.6 Å². The van der Waals surface area contributed by atoms with Gasteiger partial charge in [-0.25, -0.2) is 4.58 Å². The van der Waals surface area contributed by atoms with E-state index < -0.39 is 0 Å². The number of benzene rings is 1. The van der Waals surface area contributed by atoms with Gasteiger partial charge in [-0.2, -0.15) is 0 Å². The van der Waals surface area contributed by atoms with E-state index in [1.54, 1.807) is 42.7 Å². The van der Waals surface area contributed by atoms with E-state index in [2.05, 4.69) is 44.5 Å². The van der Waals surface area contributed by atoms with Gasteiger partial charge in [0.2, 0.25) is 5.75 Å². The van der Waals surface area contributed by atoms with E-state index in [-0.39, 0.29) is 24.2 Å². The van der Waals surface area contributed by atoms with Crippen molar-refractivity contribution in [1.29, 1.82) is 0 Å². The van der Waals surface area contributed by atoms with Crippen LogP contribution in [0.15, 0.2) is 17.9 Å². The number of rotatable bonds is 12. The Bertz CT molecular complexity index is 878. The fourth-order valence-electron chi connectivity index (χ4n) is 5.05. The van der Waals surface area contributed by atoms with Gasteiger partial charge in [0, 0.05) is 38.2 Å². The van der Waals surface area contributed by atoms with Crippen LogP contribution in [0.3, 0.4) is 0 Å². The van der Waals surface area contributed by atoms with Crippen LogP contribution in [0.25, 0.3) is 0 Å². The first kappa shape index (κ1) is 28.0. The molecule has 0 fully saturated rings. The molecule has 0 amide bonds. The SMILES string of the molecule is CCCc1cc(OC)c(OC)c(OC)c1C(C)CCC1=[N+](C)C(OC)C(OC)C(C)C(OC)=C1. The molecule has 0 saturated carbocycles. The van der Waals surface area contributed by atoms with Gasteiger partial charge in [0.05, 0.1) is 28.4 Å². The quantitative estimate of drug-likeness (QED) is 0.402. The minimum absolute atomic E-state index is 0.0689. The highest BCUT2D eigenvalue weighted by Gasteiger charge is 2.40. The van der Waals surface area contributed by atoms with E-state index in [0.29, 0.717) is 11.5 Å². The molecule has 1 heterocycles. The molecule has 1 aromatic carbocycles. The minimum atomic E-state index is -0.208. The lowest BCUT2D eigenvalue weighted by Gasteiger charge is -2.25. The molecular formula is C27H44NO6+. The highest BCUT2D eigenvalue weighted by Crippen LogP contribution is 2.46. The predicted octanol–water partition coefficient (Wildman–Crippen LogP) is 4.80. The standard InChI is InChI=1S/C27H44NO6/c1-11-12-19-15-22(30-6)25(32-8)26(33-9)23(19)17(2)13-14-20-16-21(29-5)18(3)24(31-7)27(34-10)28(20)4/h15-18,24,27H,11-14H2,1-10H3/q+1. The van der Waals surface area contributed by atoms with Crippen LogP contribution in [0.2, 0.25) is 0 Å². The molecule has 7 heteroatoms. The summed E-state index contributed by atoms with van der Waals surface area (Å²) in [5, 5.41) is 0. The monoisotopic (exact) mass is 478 g/mol. The molecule has 0 spiro atoms. The number of likely N-dealkylation sites (N-methyl/N-ethyl adjacent to an activating group) is 1. The van der Waals surface area contributed by atoms with Gasteiger partial charge >= 0.3 is 0 Å². The summed E-state index contributed by atoms with van der Waals surface area (Å²) in [6.45, 7) is 6.54. The molecule has 1 aliphatic rings. The molecule has 0 saturated heterocycles. The van der Waals surface area contributed by atoms with Crippen LogP contribution in [0, 0.1) is 5.92 Å². The maximum Gasteiger partial charge on any atom is 0.284 e. The number of hydrogen-bond acceptors (Lipinski definition) is 6. The molecule has 0 aliphatic carbocycles. The van der Waals surface area contributed by atoms with E-state index in [1.165, 1.54) is 11.1 Å². The largest absolute Gasteiger partial charge is 0.500 e. The molecule has 0 radical (unpaired) electrons. The Morgan fingerprint density at radius 2 is 1.59 bits per heavy atom. The van der Waals surface area contributed by atoms with E-state index >= 15 is 0 Å². The van der Waals surface area contributed by atoms with Crippen LogP contribution in [0.1, 0.15) is 57.1 Å². The van der Waals surface area contributed by atoms with Crippen molar-refractivity contribution in [2.45, 2.75) is 64.7 Å². The fourth-order valence-corrected chi connectivity index (χ4v) is 5.05. The van der Waals surface area contributed by atoms with Gasteiger partial charge in [-0.1, -0.05) is 27.2 Å². The lowest BCUT2D eigenvalue weighted by atomic mass is 9.88. The molecule has 4 unspecified atom stereocenters. The molecule has 7 nitrogen and oxygen atoms in total. The Labute approximate surface area is 205 Å². The first-order valence-corrected chi connectivity index (χ1v) is 12.0. The van der Waals surface area contributed by atoms with E-state index in [1.807, 2.05) is 0 Å². The molecule has 0 aromatic heterocycles. The second-order valence-electron chi connectivity index (χ2n) is 8.88. The number of ether oxygens (including phenoxy) is 6. The Hall–Kier alpha value is -2.25. The Morgan fingerprint density at radius 3 is 2.09 bits per heavy atom. The first-order valence-electron chi connectivity index (χ1n) is 12.0. The molecule has 1 aliphatic heterocycles. The zero-order chi connectivity index (χ0) is 25.4. The smallest absolute Gasteiger partial charge is 0.284 e. The molecule has 192 valence electrons. The first-order chi connectivity index (χ1) is 16.3. The third kappa shape index (κ3) is 5.69. The van der Waals surface area contributed by atoms with Gasteiger partial charge in [0.15, 0.2) is 23.3 Å². The Morgan fingerprint density at radius 1 is 0.912 bits per heavy atom. The topological polar surface area (TPSA) is 58.4 Å². The number of methoxy groups -OCH3 is 6. The van der Waals surface area contributed by atoms with Gasteiger partial charge in [-0.15, -0.1) is 0 Å². The maximum absolute atomic E-state index is 5.87. The minimum Gasteiger partial charge on any atom is -0.500 e. The molecule has 0 bridgehead atoms. The third-order valence-electron chi connectivity index (χ3n) is 6.92. The fraction of sp³-hybridized carbons (Fsp3) is 0.667. The molecule has 2 rings (SSSR count). The summed E-state index contributed by atoms with van der Waals surface area (Å²) in [6.07, 6.45) is 5.53. The zero-order valence-corrected chi connectivity index (χ0v) is 22.7. The van der Waals surface area contributed by atoms with Crippen molar-refractivity contribution in [2.24, 2.45) is 5.92 Å². The van der Waals surface area contributed by atoms with Crippen LogP contribution >= 0.6 is 0 Å². The number of nitrogens with zero attached hydrogens (tertiary/aromatic N) is 1. The molecule has 1 aromatic rings. The predicted molar refractivity (Wildman–Crippen MR) is 135 cm³/mol. The van der Waals surface area contributed by atoms with Crippen LogP contribution in [-0.4, -0.2) is 72.3 Å². The molecule has 0 N–H and O–H groups in total. The Balaban J connectivity index is 2.47. The lowest BCUT2D eigenvalue weighted by Crippen LogP contribution is -2.43. The average molecular weight is 479 g/mol.